The number of nitrogens with zero attached hydrogens (tertiary/aromatic N) is 1. The summed E-state index contributed by atoms with van der Waals surface area (Å²) in [5.74, 6) is -0.196. The maximum absolute atomic E-state index is 10.7. The first-order valence-electron chi connectivity index (χ1n) is 3.06. The summed E-state index contributed by atoms with van der Waals surface area (Å²) in [5.41, 5.74) is 4.99. The van der Waals surface area contributed by atoms with Gasteiger partial charge >= 0.3 is 29.6 Å². The van der Waals surface area contributed by atoms with Gasteiger partial charge in [0.1, 0.15) is 0 Å². The molecule has 0 fully saturated rings. The molecular formula is C5H11N2NaO3S. The van der Waals surface area contributed by atoms with E-state index in [1.165, 1.54) is 0 Å². The second-order valence-electron chi connectivity index (χ2n) is 1.78. The summed E-state index contributed by atoms with van der Waals surface area (Å²) < 4.78 is 25.8. The van der Waals surface area contributed by atoms with Gasteiger partial charge in [0.05, 0.1) is 24.8 Å². The number of hydrogen-bond acceptors (Lipinski definition) is 5. The Kier molecular flexibility index (Phi) is 9.88. The van der Waals surface area contributed by atoms with Crippen molar-refractivity contribution in [3.63, 3.8) is 0 Å². The topological polar surface area (TPSA) is 93.2 Å². The van der Waals surface area contributed by atoms with E-state index in [9.17, 15) is 8.42 Å². The normalized spacial score (nSPS) is 10.0. The third kappa shape index (κ3) is 8.46. The van der Waals surface area contributed by atoms with Crippen LogP contribution >= 0.6 is 0 Å². The average Bonchev–Trinajstić information content (AvgIpc) is 1.87. The molecule has 0 aromatic rings. The van der Waals surface area contributed by atoms with Crippen molar-refractivity contribution in [2.24, 2.45) is 5.73 Å². The molecule has 5 nitrogen and oxygen atoms in total. The van der Waals surface area contributed by atoms with Gasteiger partial charge in [0.25, 0.3) is 10.1 Å². The number of rotatable bonds is 5. The van der Waals surface area contributed by atoms with Crippen LogP contribution < -0.4 is 5.73 Å². The standard InChI is InChI=1S/C5H10N2O3S.Na.H/c6-2-1-4-10-11(8,9)5-3-7;;/h1,3-5,7H2;;. The minimum absolute atomic E-state index is 0. The van der Waals surface area contributed by atoms with Gasteiger partial charge in [-0.3, -0.25) is 4.18 Å². The zero-order valence-electron chi connectivity index (χ0n) is 5.99. The molecule has 0 unspecified atom stereocenters. The van der Waals surface area contributed by atoms with Crippen molar-refractivity contribution in [1.82, 2.24) is 0 Å². The molecule has 66 valence electrons. The summed E-state index contributed by atoms with van der Waals surface area (Å²) in [6, 6.07) is 1.76. The molecule has 0 rings (SSSR count). The second-order valence-corrected chi connectivity index (χ2v) is 3.54. The molecule has 2 N–H and O–H groups in total. The fourth-order valence-corrected chi connectivity index (χ4v) is 1.16. The molecule has 0 atom stereocenters. The van der Waals surface area contributed by atoms with Crippen LogP contribution in [0.3, 0.4) is 0 Å². The van der Waals surface area contributed by atoms with Crippen molar-refractivity contribution in [2.45, 2.75) is 6.42 Å². The van der Waals surface area contributed by atoms with Gasteiger partial charge in [-0.1, -0.05) is 0 Å². The van der Waals surface area contributed by atoms with Crippen molar-refractivity contribution in [1.29, 1.82) is 5.26 Å². The van der Waals surface area contributed by atoms with Gasteiger partial charge < -0.3 is 5.73 Å². The fourth-order valence-electron chi connectivity index (χ4n) is 0.418. The first-order valence-corrected chi connectivity index (χ1v) is 4.64. The van der Waals surface area contributed by atoms with Crippen LogP contribution in [0.1, 0.15) is 6.42 Å². The molecular weight excluding hydrogens is 191 g/mol. The van der Waals surface area contributed by atoms with Crippen molar-refractivity contribution < 1.29 is 12.6 Å². The minimum atomic E-state index is -3.48. The molecule has 0 radical (unpaired) electrons. The Morgan fingerprint density at radius 3 is 2.50 bits per heavy atom. The molecule has 0 heterocycles. The molecule has 12 heavy (non-hydrogen) atoms. The van der Waals surface area contributed by atoms with Crippen LogP contribution in [-0.2, 0) is 14.3 Å². The molecule has 0 aliphatic heterocycles. The summed E-state index contributed by atoms with van der Waals surface area (Å²) in [5, 5.41) is 8.04. The monoisotopic (exact) mass is 202 g/mol. The van der Waals surface area contributed by atoms with Crippen LogP contribution in [0.2, 0.25) is 0 Å². The molecule has 0 amide bonds. The number of hydrogen-bond donors (Lipinski definition) is 1. The van der Waals surface area contributed by atoms with Gasteiger partial charge in [-0.2, -0.15) is 13.7 Å². The van der Waals surface area contributed by atoms with E-state index in [0.29, 0.717) is 0 Å². The summed E-state index contributed by atoms with van der Waals surface area (Å²) in [4.78, 5) is 0. The summed E-state index contributed by atoms with van der Waals surface area (Å²) in [6.07, 6.45) is 0.0732. The molecule has 0 saturated heterocycles. The second kappa shape index (κ2) is 7.98. The predicted molar refractivity (Wildman–Crippen MR) is 46.2 cm³/mol. The van der Waals surface area contributed by atoms with Crippen molar-refractivity contribution in [3.8, 4) is 6.07 Å². The zero-order chi connectivity index (χ0) is 8.74. The molecule has 0 aromatic heterocycles. The number of nitriles is 1. The van der Waals surface area contributed by atoms with Gasteiger partial charge in [-0.15, -0.1) is 0 Å². The van der Waals surface area contributed by atoms with Crippen molar-refractivity contribution in [3.05, 3.63) is 0 Å². The Balaban J connectivity index is 0. The van der Waals surface area contributed by atoms with Gasteiger partial charge in [0.2, 0.25) is 0 Å². The van der Waals surface area contributed by atoms with E-state index in [4.69, 9.17) is 11.0 Å². The first-order chi connectivity index (χ1) is 5.12. The Morgan fingerprint density at radius 1 is 1.50 bits per heavy atom. The Morgan fingerprint density at radius 2 is 2.08 bits per heavy atom. The van der Waals surface area contributed by atoms with E-state index in [1.807, 2.05) is 0 Å². The summed E-state index contributed by atoms with van der Waals surface area (Å²) in [7, 11) is -3.48. The quantitative estimate of drug-likeness (QED) is 0.334. The van der Waals surface area contributed by atoms with E-state index < -0.39 is 10.1 Å². The Hall–Kier alpha value is 0.360. The van der Waals surface area contributed by atoms with Crippen LogP contribution in [0, 0.1) is 11.3 Å². The van der Waals surface area contributed by atoms with Crippen LogP contribution in [0.15, 0.2) is 0 Å². The Bertz CT molecular complexity index is 234. The molecule has 0 saturated carbocycles. The zero-order valence-corrected chi connectivity index (χ0v) is 6.80. The van der Waals surface area contributed by atoms with E-state index in [0.717, 1.165) is 0 Å². The number of nitrogens with two attached hydrogens (primary N) is 1. The summed E-state index contributed by atoms with van der Waals surface area (Å²) in [6.45, 7) is -0.0479. The third-order valence-corrected chi connectivity index (χ3v) is 2.11. The fraction of sp³-hybridized carbons (Fsp3) is 0.800. The SMILES string of the molecule is N#CCCOS(=O)(=O)CCN.[NaH]. The first kappa shape index (κ1) is 14.9. The van der Waals surface area contributed by atoms with E-state index in [1.54, 1.807) is 6.07 Å². The van der Waals surface area contributed by atoms with Crippen molar-refractivity contribution >= 4 is 39.7 Å². The molecule has 0 bridgehead atoms. The molecule has 0 aliphatic rings. The van der Waals surface area contributed by atoms with E-state index >= 15 is 0 Å². The average molecular weight is 202 g/mol. The van der Waals surface area contributed by atoms with Gasteiger partial charge in [0.15, 0.2) is 0 Å². The van der Waals surface area contributed by atoms with Crippen LogP contribution in [0.5, 0.6) is 0 Å². The van der Waals surface area contributed by atoms with Gasteiger partial charge in [-0.05, 0) is 0 Å². The Labute approximate surface area is 94.3 Å². The molecule has 0 aliphatic carbocycles. The van der Waals surface area contributed by atoms with E-state index in [-0.39, 0.29) is 54.9 Å². The third-order valence-electron chi connectivity index (χ3n) is 0.845. The maximum atomic E-state index is 10.7. The molecule has 7 heteroatoms. The van der Waals surface area contributed by atoms with Crippen LogP contribution in [0.4, 0.5) is 0 Å². The summed E-state index contributed by atoms with van der Waals surface area (Å²) >= 11 is 0. The van der Waals surface area contributed by atoms with Crippen molar-refractivity contribution in [2.75, 3.05) is 18.9 Å². The van der Waals surface area contributed by atoms with Gasteiger partial charge in [-0.25, -0.2) is 0 Å². The van der Waals surface area contributed by atoms with Crippen LogP contribution in [-0.4, -0.2) is 56.9 Å². The molecule has 0 aromatic carbocycles. The van der Waals surface area contributed by atoms with Gasteiger partial charge in [0, 0.05) is 6.54 Å². The predicted octanol–water partition coefficient (Wildman–Crippen LogP) is -1.44. The molecule has 0 spiro atoms. The van der Waals surface area contributed by atoms with E-state index in [2.05, 4.69) is 4.18 Å². The van der Waals surface area contributed by atoms with Crippen LogP contribution in [0.25, 0.3) is 0 Å².